The third-order valence-corrected chi connectivity index (χ3v) is 3.90. The Morgan fingerprint density at radius 3 is 2.45 bits per heavy atom. The van der Waals surface area contributed by atoms with Gasteiger partial charge < -0.3 is 11.1 Å². The van der Waals surface area contributed by atoms with E-state index in [1.165, 1.54) is 6.07 Å². The van der Waals surface area contributed by atoms with Crippen LogP contribution in [0.5, 0.6) is 0 Å². The van der Waals surface area contributed by atoms with Crippen LogP contribution in [-0.2, 0) is 16.2 Å². The molecule has 0 aliphatic carbocycles. The minimum atomic E-state index is -4.46. The van der Waals surface area contributed by atoms with Gasteiger partial charge in [-0.25, -0.2) is 13.1 Å². The number of benzene rings is 1. The Labute approximate surface area is 115 Å². The van der Waals surface area contributed by atoms with Gasteiger partial charge in [-0.3, -0.25) is 0 Å². The third-order valence-electron chi connectivity index (χ3n) is 2.43. The van der Waals surface area contributed by atoms with E-state index < -0.39 is 21.8 Å². The first kappa shape index (κ1) is 16.6. The van der Waals surface area contributed by atoms with E-state index in [4.69, 9.17) is 5.73 Å². The van der Waals surface area contributed by atoms with Gasteiger partial charge in [0.2, 0.25) is 10.0 Å². The van der Waals surface area contributed by atoms with Crippen molar-refractivity contribution >= 4 is 21.4 Å². The summed E-state index contributed by atoms with van der Waals surface area (Å²) in [6, 6.07) is 2.87. The molecule has 0 saturated heterocycles. The van der Waals surface area contributed by atoms with Crippen LogP contribution in [-0.4, -0.2) is 27.3 Å². The van der Waals surface area contributed by atoms with Gasteiger partial charge in [0.25, 0.3) is 0 Å². The molecule has 0 spiro atoms. The minimum Gasteiger partial charge on any atom is -0.397 e. The van der Waals surface area contributed by atoms with E-state index in [0.29, 0.717) is 0 Å². The van der Waals surface area contributed by atoms with Crippen molar-refractivity contribution < 1.29 is 21.6 Å². The summed E-state index contributed by atoms with van der Waals surface area (Å²) in [4.78, 5) is 0. The maximum atomic E-state index is 12.4. The quantitative estimate of drug-likeness (QED) is 0.697. The van der Waals surface area contributed by atoms with Crippen LogP contribution in [0.3, 0.4) is 0 Å². The summed E-state index contributed by atoms with van der Waals surface area (Å²) in [6.45, 7) is 1.98. The Bertz CT molecular complexity index is 559. The molecular formula is C11H16F3N3O2S. The summed E-state index contributed by atoms with van der Waals surface area (Å²) in [5, 5.41) is 2.69. The highest BCUT2D eigenvalue weighted by molar-refractivity contribution is 7.89. The molecule has 4 N–H and O–H groups in total. The van der Waals surface area contributed by atoms with Crippen molar-refractivity contribution in [2.75, 3.05) is 29.9 Å². The van der Waals surface area contributed by atoms with Gasteiger partial charge >= 0.3 is 6.18 Å². The topological polar surface area (TPSA) is 84.2 Å². The molecule has 0 atom stereocenters. The molecule has 0 aliphatic heterocycles. The molecular weight excluding hydrogens is 295 g/mol. The lowest BCUT2D eigenvalue weighted by Crippen LogP contribution is -2.29. The fraction of sp³-hybridized carbons (Fsp3) is 0.455. The predicted molar refractivity (Wildman–Crippen MR) is 71.8 cm³/mol. The highest BCUT2D eigenvalue weighted by Gasteiger charge is 2.30. The lowest BCUT2D eigenvalue weighted by molar-refractivity contribution is -0.137. The van der Waals surface area contributed by atoms with Gasteiger partial charge in [-0.2, -0.15) is 13.2 Å². The van der Waals surface area contributed by atoms with E-state index in [1.54, 1.807) is 6.92 Å². The molecule has 0 radical (unpaired) electrons. The number of nitrogens with two attached hydrogens (primary N) is 1. The van der Waals surface area contributed by atoms with Crippen molar-refractivity contribution in [3.05, 3.63) is 23.8 Å². The first-order chi connectivity index (χ1) is 9.15. The van der Waals surface area contributed by atoms with Crippen LogP contribution in [0.2, 0.25) is 0 Å². The minimum absolute atomic E-state index is 0.0465. The second kappa shape index (κ2) is 6.31. The fourth-order valence-corrected chi connectivity index (χ4v) is 2.47. The highest BCUT2D eigenvalue weighted by atomic mass is 32.2. The molecule has 0 aliphatic rings. The van der Waals surface area contributed by atoms with Crippen LogP contribution in [0, 0.1) is 0 Å². The van der Waals surface area contributed by atoms with Crippen molar-refractivity contribution in [3.63, 3.8) is 0 Å². The van der Waals surface area contributed by atoms with Crippen molar-refractivity contribution in [1.29, 1.82) is 0 Å². The van der Waals surface area contributed by atoms with Crippen LogP contribution in [0.4, 0.5) is 24.5 Å². The van der Waals surface area contributed by atoms with E-state index in [0.717, 1.165) is 12.1 Å². The number of hydrogen-bond donors (Lipinski definition) is 3. The summed E-state index contributed by atoms with van der Waals surface area (Å²) in [5.41, 5.74) is 4.84. The van der Waals surface area contributed by atoms with Crippen LogP contribution in [0.1, 0.15) is 12.5 Å². The summed E-state index contributed by atoms with van der Waals surface area (Å²) < 4.78 is 62.3. The molecule has 1 aromatic rings. The molecule has 5 nitrogen and oxygen atoms in total. The number of alkyl halides is 3. The molecule has 0 saturated carbocycles. The zero-order valence-electron chi connectivity index (χ0n) is 10.8. The summed E-state index contributed by atoms with van der Waals surface area (Å²) in [6.07, 6.45) is -4.46. The molecule has 0 aromatic heterocycles. The van der Waals surface area contributed by atoms with E-state index in [-0.39, 0.29) is 30.2 Å². The lowest BCUT2D eigenvalue weighted by atomic mass is 10.1. The summed E-state index contributed by atoms with van der Waals surface area (Å²) in [5.74, 6) is -0.193. The Balaban J connectivity index is 2.67. The van der Waals surface area contributed by atoms with Gasteiger partial charge in [0, 0.05) is 13.1 Å². The first-order valence-electron chi connectivity index (χ1n) is 5.83. The number of nitrogen functional groups attached to an aromatic ring is 1. The second-order valence-electron chi connectivity index (χ2n) is 4.04. The highest BCUT2D eigenvalue weighted by Crippen LogP contribution is 2.32. The van der Waals surface area contributed by atoms with Gasteiger partial charge in [0.05, 0.1) is 22.7 Å². The molecule has 9 heteroatoms. The molecule has 0 fully saturated rings. The molecule has 0 amide bonds. The van der Waals surface area contributed by atoms with Gasteiger partial charge in [0.15, 0.2) is 0 Å². The predicted octanol–water partition coefficient (Wildman–Crippen LogP) is 1.64. The monoisotopic (exact) mass is 311 g/mol. The molecule has 1 aromatic carbocycles. The van der Waals surface area contributed by atoms with E-state index >= 15 is 0 Å². The standard InChI is InChI=1S/C11H16F3N3O2S/c1-2-17-20(18,19)6-5-16-10-4-3-8(7-9(10)15)11(12,13)14/h3-4,7,16-17H,2,5-6,15H2,1H3. The second-order valence-corrected chi connectivity index (χ2v) is 5.97. The Morgan fingerprint density at radius 2 is 1.95 bits per heavy atom. The third kappa shape index (κ3) is 4.89. The number of nitrogens with one attached hydrogen (secondary N) is 2. The van der Waals surface area contributed by atoms with Crippen LogP contribution < -0.4 is 15.8 Å². The van der Waals surface area contributed by atoms with Gasteiger partial charge in [0.1, 0.15) is 0 Å². The zero-order chi connectivity index (χ0) is 15.4. The normalized spacial score (nSPS) is 12.4. The fourth-order valence-electron chi connectivity index (χ4n) is 1.51. The maximum absolute atomic E-state index is 12.4. The summed E-state index contributed by atoms with van der Waals surface area (Å²) in [7, 11) is -3.38. The molecule has 114 valence electrons. The number of hydrogen-bond acceptors (Lipinski definition) is 4. The Hall–Kier alpha value is -1.48. The number of sulfonamides is 1. The van der Waals surface area contributed by atoms with Crippen molar-refractivity contribution in [2.24, 2.45) is 0 Å². The Morgan fingerprint density at radius 1 is 1.30 bits per heavy atom. The van der Waals surface area contributed by atoms with Crippen LogP contribution in [0.25, 0.3) is 0 Å². The zero-order valence-corrected chi connectivity index (χ0v) is 11.6. The average Bonchev–Trinajstić information content (AvgIpc) is 2.29. The molecule has 0 heterocycles. The van der Waals surface area contributed by atoms with Gasteiger partial charge in [-0.05, 0) is 18.2 Å². The smallest absolute Gasteiger partial charge is 0.397 e. The summed E-state index contributed by atoms with van der Waals surface area (Å²) >= 11 is 0. The van der Waals surface area contributed by atoms with Crippen molar-refractivity contribution in [1.82, 2.24) is 4.72 Å². The molecule has 1 rings (SSSR count). The largest absolute Gasteiger partial charge is 0.416 e. The molecule has 0 bridgehead atoms. The Kier molecular flexibility index (Phi) is 5.23. The van der Waals surface area contributed by atoms with Crippen molar-refractivity contribution in [3.8, 4) is 0 Å². The van der Waals surface area contributed by atoms with Crippen LogP contribution in [0.15, 0.2) is 18.2 Å². The SMILES string of the molecule is CCNS(=O)(=O)CCNc1ccc(C(F)(F)F)cc1N. The molecule has 0 unspecified atom stereocenters. The average molecular weight is 311 g/mol. The number of anilines is 2. The first-order valence-corrected chi connectivity index (χ1v) is 7.49. The van der Waals surface area contributed by atoms with E-state index in [9.17, 15) is 21.6 Å². The van der Waals surface area contributed by atoms with Gasteiger partial charge in [-0.1, -0.05) is 6.92 Å². The van der Waals surface area contributed by atoms with Crippen LogP contribution >= 0.6 is 0 Å². The van der Waals surface area contributed by atoms with E-state index in [1.807, 2.05) is 0 Å². The van der Waals surface area contributed by atoms with E-state index in [2.05, 4.69) is 10.0 Å². The lowest BCUT2D eigenvalue weighted by Gasteiger charge is -2.12. The van der Waals surface area contributed by atoms with Gasteiger partial charge in [-0.15, -0.1) is 0 Å². The maximum Gasteiger partial charge on any atom is 0.416 e. The van der Waals surface area contributed by atoms with Crippen molar-refractivity contribution in [2.45, 2.75) is 13.1 Å². The number of rotatable bonds is 6. The number of halogens is 3. The molecule has 20 heavy (non-hydrogen) atoms.